The SMILES string of the molecule is CCC(C)(C)C(=O)OCCOCOC1CCCCC1C(O)O. The van der Waals surface area contributed by atoms with Crippen LogP contribution in [0, 0.1) is 11.3 Å². The Kier molecular flexibility index (Phi) is 8.31. The van der Waals surface area contributed by atoms with Crippen LogP contribution in [0.25, 0.3) is 0 Å². The summed E-state index contributed by atoms with van der Waals surface area (Å²) in [4.78, 5) is 11.7. The molecule has 0 aromatic rings. The number of rotatable bonds is 9. The van der Waals surface area contributed by atoms with Crippen molar-refractivity contribution >= 4 is 5.97 Å². The first-order valence-electron chi connectivity index (χ1n) is 8.11. The van der Waals surface area contributed by atoms with Crippen molar-refractivity contribution in [2.75, 3.05) is 20.0 Å². The van der Waals surface area contributed by atoms with E-state index < -0.39 is 11.7 Å². The van der Waals surface area contributed by atoms with Gasteiger partial charge in [-0.2, -0.15) is 0 Å². The van der Waals surface area contributed by atoms with Crippen LogP contribution in [0.3, 0.4) is 0 Å². The molecule has 1 aliphatic carbocycles. The summed E-state index contributed by atoms with van der Waals surface area (Å²) in [6, 6.07) is 0. The van der Waals surface area contributed by atoms with Crippen LogP contribution in [0.4, 0.5) is 0 Å². The minimum absolute atomic E-state index is 0.0720. The molecule has 0 heterocycles. The number of aliphatic hydroxyl groups excluding tert-OH is 1. The number of hydrogen-bond acceptors (Lipinski definition) is 6. The van der Waals surface area contributed by atoms with E-state index in [1.165, 1.54) is 0 Å². The third kappa shape index (κ3) is 6.20. The predicted octanol–water partition coefficient (Wildman–Crippen LogP) is 1.83. The molecule has 0 aromatic heterocycles. The molecule has 6 nitrogen and oxygen atoms in total. The van der Waals surface area contributed by atoms with Gasteiger partial charge in [0.25, 0.3) is 0 Å². The van der Waals surface area contributed by atoms with Gasteiger partial charge in [-0.05, 0) is 33.1 Å². The van der Waals surface area contributed by atoms with E-state index in [2.05, 4.69) is 0 Å². The van der Waals surface area contributed by atoms with Gasteiger partial charge in [-0.3, -0.25) is 4.79 Å². The molecule has 2 atom stereocenters. The zero-order valence-electron chi connectivity index (χ0n) is 13.9. The first-order valence-corrected chi connectivity index (χ1v) is 8.11. The maximum absolute atomic E-state index is 11.7. The molecule has 2 unspecified atom stereocenters. The van der Waals surface area contributed by atoms with Crippen molar-refractivity contribution in [3.05, 3.63) is 0 Å². The second kappa shape index (κ2) is 9.45. The third-order valence-corrected chi connectivity index (χ3v) is 4.40. The lowest BCUT2D eigenvalue weighted by molar-refractivity contribution is -0.178. The Morgan fingerprint density at radius 2 is 1.91 bits per heavy atom. The molecular formula is C16H30O6. The average molecular weight is 318 g/mol. The maximum Gasteiger partial charge on any atom is 0.311 e. The summed E-state index contributed by atoms with van der Waals surface area (Å²) in [5.41, 5.74) is -0.469. The minimum atomic E-state index is -1.34. The van der Waals surface area contributed by atoms with E-state index in [1.807, 2.05) is 20.8 Å². The van der Waals surface area contributed by atoms with Crippen LogP contribution in [0.15, 0.2) is 0 Å². The van der Waals surface area contributed by atoms with Gasteiger partial charge in [-0.1, -0.05) is 19.8 Å². The van der Waals surface area contributed by atoms with Gasteiger partial charge >= 0.3 is 5.97 Å². The fourth-order valence-corrected chi connectivity index (χ4v) is 2.40. The highest BCUT2D eigenvalue weighted by molar-refractivity contribution is 5.75. The average Bonchev–Trinajstić information content (AvgIpc) is 2.50. The lowest BCUT2D eigenvalue weighted by atomic mass is 9.86. The molecule has 6 heteroatoms. The normalized spacial score (nSPS) is 22.8. The van der Waals surface area contributed by atoms with Gasteiger partial charge in [0, 0.05) is 5.92 Å². The van der Waals surface area contributed by atoms with Crippen molar-refractivity contribution in [3.63, 3.8) is 0 Å². The van der Waals surface area contributed by atoms with Crippen molar-refractivity contribution < 1.29 is 29.2 Å². The van der Waals surface area contributed by atoms with Gasteiger partial charge in [0.05, 0.1) is 18.1 Å². The summed E-state index contributed by atoms with van der Waals surface area (Å²) in [7, 11) is 0. The predicted molar refractivity (Wildman–Crippen MR) is 80.9 cm³/mol. The quantitative estimate of drug-likeness (QED) is 0.383. The van der Waals surface area contributed by atoms with E-state index >= 15 is 0 Å². The van der Waals surface area contributed by atoms with E-state index in [0.29, 0.717) is 0 Å². The van der Waals surface area contributed by atoms with E-state index in [-0.39, 0.29) is 38.0 Å². The lowest BCUT2D eigenvalue weighted by Crippen LogP contribution is -2.36. The Labute approximate surface area is 132 Å². The molecule has 2 N–H and O–H groups in total. The van der Waals surface area contributed by atoms with Crippen LogP contribution in [0.5, 0.6) is 0 Å². The monoisotopic (exact) mass is 318 g/mol. The second-order valence-corrected chi connectivity index (χ2v) is 6.47. The van der Waals surface area contributed by atoms with Gasteiger partial charge < -0.3 is 24.4 Å². The van der Waals surface area contributed by atoms with Gasteiger partial charge in [0.15, 0.2) is 6.29 Å². The number of esters is 1. The van der Waals surface area contributed by atoms with Crippen LogP contribution in [0.2, 0.25) is 0 Å². The van der Waals surface area contributed by atoms with Gasteiger partial charge in [0.2, 0.25) is 0 Å². The highest BCUT2D eigenvalue weighted by Gasteiger charge is 2.30. The van der Waals surface area contributed by atoms with Gasteiger partial charge in [-0.15, -0.1) is 0 Å². The Morgan fingerprint density at radius 3 is 2.55 bits per heavy atom. The largest absolute Gasteiger partial charge is 0.463 e. The molecule has 0 aromatic carbocycles. The zero-order valence-corrected chi connectivity index (χ0v) is 13.9. The van der Waals surface area contributed by atoms with Crippen LogP contribution in [-0.2, 0) is 19.0 Å². The fraction of sp³-hybridized carbons (Fsp3) is 0.938. The van der Waals surface area contributed by atoms with Crippen LogP contribution < -0.4 is 0 Å². The number of carbonyl (C=O) groups is 1. The molecule has 0 spiro atoms. The Hall–Kier alpha value is -0.690. The number of hydrogen-bond donors (Lipinski definition) is 2. The highest BCUT2D eigenvalue weighted by atomic mass is 16.7. The molecule has 0 bridgehead atoms. The molecule has 130 valence electrons. The summed E-state index contributed by atoms with van der Waals surface area (Å²) in [5, 5.41) is 18.7. The topological polar surface area (TPSA) is 85.2 Å². The summed E-state index contributed by atoms with van der Waals surface area (Å²) < 4.78 is 16.0. The van der Waals surface area contributed by atoms with Crippen LogP contribution in [-0.4, -0.2) is 48.6 Å². The van der Waals surface area contributed by atoms with Gasteiger partial charge in [0.1, 0.15) is 13.4 Å². The number of carbonyl (C=O) groups excluding carboxylic acids is 1. The molecule has 1 rings (SSSR count). The Balaban J connectivity index is 2.13. The van der Waals surface area contributed by atoms with Crippen LogP contribution >= 0.6 is 0 Å². The summed E-state index contributed by atoms with van der Waals surface area (Å²) in [6.45, 7) is 6.18. The molecule has 1 saturated carbocycles. The zero-order chi connectivity index (χ0) is 16.6. The van der Waals surface area contributed by atoms with Gasteiger partial charge in [-0.25, -0.2) is 0 Å². The van der Waals surface area contributed by atoms with E-state index in [1.54, 1.807) is 0 Å². The second-order valence-electron chi connectivity index (χ2n) is 6.47. The molecule has 1 aliphatic rings. The van der Waals surface area contributed by atoms with Crippen molar-refractivity contribution in [3.8, 4) is 0 Å². The summed E-state index contributed by atoms with van der Waals surface area (Å²) >= 11 is 0. The Morgan fingerprint density at radius 1 is 1.23 bits per heavy atom. The number of ether oxygens (including phenoxy) is 3. The smallest absolute Gasteiger partial charge is 0.311 e. The summed E-state index contributed by atoms with van der Waals surface area (Å²) in [5.74, 6) is -0.476. The molecular weight excluding hydrogens is 288 g/mol. The molecule has 22 heavy (non-hydrogen) atoms. The molecule has 1 fully saturated rings. The van der Waals surface area contributed by atoms with Crippen molar-refractivity contribution in [2.45, 2.75) is 65.3 Å². The molecule has 0 radical (unpaired) electrons. The highest BCUT2D eigenvalue weighted by Crippen LogP contribution is 2.28. The maximum atomic E-state index is 11.7. The first-order chi connectivity index (χ1) is 10.4. The standard InChI is InChI=1S/C16H30O6/c1-4-16(2,3)15(19)21-10-9-20-11-22-13-8-6-5-7-12(13)14(17)18/h12-14,17-18H,4-11H2,1-3H3. The lowest BCUT2D eigenvalue weighted by Gasteiger charge is -2.32. The Bertz CT molecular complexity index is 329. The van der Waals surface area contributed by atoms with Crippen molar-refractivity contribution in [2.24, 2.45) is 11.3 Å². The number of aliphatic hydroxyl groups is 2. The van der Waals surface area contributed by atoms with Crippen LogP contribution in [0.1, 0.15) is 52.9 Å². The van der Waals surface area contributed by atoms with E-state index in [4.69, 9.17) is 14.2 Å². The fourth-order valence-electron chi connectivity index (χ4n) is 2.40. The molecule has 0 amide bonds. The van der Waals surface area contributed by atoms with Crippen molar-refractivity contribution in [1.29, 1.82) is 0 Å². The van der Waals surface area contributed by atoms with E-state index in [9.17, 15) is 15.0 Å². The third-order valence-electron chi connectivity index (χ3n) is 4.40. The minimum Gasteiger partial charge on any atom is -0.463 e. The summed E-state index contributed by atoms with van der Waals surface area (Å²) in [6.07, 6.45) is 2.78. The molecule has 0 saturated heterocycles. The van der Waals surface area contributed by atoms with E-state index in [0.717, 1.165) is 32.1 Å². The first kappa shape index (κ1) is 19.4. The molecule has 0 aliphatic heterocycles. The van der Waals surface area contributed by atoms with Crippen molar-refractivity contribution in [1.82, 2.24) is 0 Å².